The van der Waals surface area contributed by atoms with Crippen molar-refractivity contribution in [1.82, 2.24) is 0 Å². The Bertz CT molecular complexity index is 816. The van der Waals surface area contributed by atoms with E-state index in [1.807, 2.05) is 0 Å². The molecule has 0 bridgehead atoms. The number of carbonyl (C=O) groups excluding carboxylic acids is 1. The van der Waals surface area contributed by atoms with Crippen molar-refractivity contribution in [2.75, 3.05) is 0 Å². The Morgan fingerprint density at radius 1 is 1.17 bits per heavy atom. The number of halogens is 2. The topological polar surface area (TPSA) is 60.4 Å². The van der Waals surface area contributed by atoms with Crippen LogP contribution in [0.1, 0.15) is 18.9 Å². The predicted molar refractivity (Wildman–Crippen MR) is 84.7 cm³/mol. The van der Waals surface area contributed by atoms with Crippen molar-refractivity contribution in [2.24, 2.45) is 0 Å². The molecule has 2 rings (SSSR count). The largest absolute Gasteiger partial charge is 0.379 e. The summed E-state index contributed by atoms with van der Waals surface area (Å²) in [6.45, 7) is 1.50. The molecule has 0 heterocycles. The Balaban J connectivity index is 2.15. The van der Waals surface area contributed by atoms with Crippen molar-refractivity contribution in [3.8, 4) is 5.75 Å². The van der Waals surface area contributed by atoms with Gasteiger partial charge in [0.2, 0.25) is 0 Å². The van der Waals surface area contributed by atoms with Crippen LogP contribution in [0.4, 0.5) is 4.39 Å². The van der Waals surface area contributed by atoms with Crippen LogP contribution in [0.3, 0.4) is 0 Å². The Hall–Kier alpha value is -1.92. The fourth-order valence-corrected chi connectivity index (χ4v) is 3.03. The summed E-state index contributed by atoms with van der Waals surface area (Å²) in [6, 6.07) is 9.46. The fourth-order valence-electron chi connectivity index (χ4n) is 1.88. The van der Waals surface area contributed by atoms with Crippen molar-refractivity contribution >= 4 is 27.5 Å². The van der Waals surface area contributed by atoms with Gasteiger partial charge in [0.1, 0.15) is 22.2 Å². The molecule has 0 aliphatic rings. The van der Waals surface area contributed by atoms with Gasteiger partial charge in [0.15, 0.2) is 0 Å². The number of ketones is 1. The summed E-state index contributed by atoms with van der Waals surface area (Å²) in [5.74, 6) is -0.840. The highest BCUT2D eigenvalue weighted by Crippen LogP contribution is 2.23. The molecule has 0 saturated heterocycles. The first-order chi connectivity index (χ1) is 10.8. The Morgan fingerprint density at radius 2 is 1.83 bits per heavy atom. The van der Waals surface area contributed by atoms with Crippen LogP contribution in [-0.4, -0.2) is 14.2 Å². The Morgan fingerprint density at radius 3 is 2.39 bits per heavy atom. The van der Waals surface area contributed by atoms with Gasteiger partial charge in [-0.3, -0.25) is 0 Å². The van der Waals surface area contributed by atoms with Gasteiger partial charge in [-0.15, -0.1) is 0 Å². The summed E-state index contributed by atoms with van der Waals surface area (Å²) in [7, 11) is -4.29. The molecule has 0 unspecified atom stereocenters. The maximum absolute atomic E-state index is 13.7. The maximum Gasteiger partial charge on any atom is 0.342 e. The highest BCUT2D eigenvalue weighted by Gasteiger charge is 2.21. The van der Waals surface area contributed by atoms with Gasteiger partial charge in [-0.2, -0.15) is 8.42 Å². The second-order valence-electron chi connectivity index (χ2n) is 4.96. The lowest BCUT2D eigenvalue weighted by Crippen LogP contribution is -2.11. The monoisotopic (exact) mass is 356 g/mol. The van der Waals surface area contributed by atoms with E-state index in [0.29, 0.717) is 12.8 Å². The SMILES string of the molecule is CC(=O)CCc1ccc(OS(=O)(=O)c2ccc(Cl)cc2F)cc1. The van der Waals surface area contributed by atoms with Crippen LogP contribution >= 0.6 is 11.6 Å². The van der Waals surface area contributed by atoms with Gasteiger partial charge in [-0.05, 0) is 49.2 Å². The van der Waals surface area contributed by atoms with Crippen LogP contribution in [0.25, 0.3) is 0 Å². The van der Waals surface area contributed by atoms with E-state index in [9.17, 15) is 17.6 Å². The van der Waals surface area contributed by atoms with Crippen molar-refractivity contribution in [2.45, 2.75) is 24.7 Å². The summed E-state index contributed by atoms with van der Waals surface area (Å²) in [5.41, 5.74) is 0.877. The molecule has 4 nitrogen and oxygen atoms in total. The van der Waals surface area contributed by atoms with Crippen LogP contribution < -0.4 is 4.18 Å². The van der Waals surface area contributed by atoms with Gasteiger partial charge in [-0.1, -0.05) is 23.7 Å². The molecule has 122 valence electrons. The van der Waals surface area contributed by atoms with E-state index in [4.69, 9.17) is 15.8 Å². The van der Waals surface area contributed by atoms with Gasteiger partial charge < -0.3 is 8.98 Å². The maximum atomic E-state index is 13.7. The third-order valence-corrected chi connectivity index (χ3v) is 4.58. The fraction of sp³-hybridized carbons (Fsp3) is 0.188. The van der Waals surface area contributed by atoms with E-state index < -0.39 is 20.8 Å². The molecule has 0 radical (unpaired) electrons. The molecular weight excluding hydrogens is 343 g/mol. The van der Waals surface area contributed by atoms with Crippen LogP contribution in [0.2, 0.25) is 5.02 Å². The zero-order chi connectivity index (χ0) is 17.0. The second kappa shape index (κ2) is 7.10. The molecule has 0 atom stereocenters. The molecular formula is C16H14ClFO4S. The lowest BCUT2D eigenvalue weighted by molar-refractivity contribution is -0.116. The number of hydrogen-bond acceptors (Lipinski definition) is 4. The zero-order valence-corrected chi connectivity index (χ0v) is 13.8. The number of rotatable bonds is 6. The number of Topliss-reactive ketones (excluding diaryl/α,β-unsaturated/α-hetero) is 1. The molecule has 0 fully saturated rings. The van der Waals surface area contributed by atoms with Gasteiger partial charge >= 0.3 is 10.1 Å². The number of benzene rings is 2. The molecule has 0 aromatic heterocycles. The van der Waals surface area contributed by atoms with Gasteiger partial charge in [-0.25, -0.2) is 4.39 Å². The van der Waals surface area contributed by atoms with Crippen LogP contribution in [0, 0.1) is 5.82 Å². The van der Waals surface area contributed by atoms with Crippen molar-refractivity contribution in [3.05, 3.63) is 58.9 Å². The van der Waals surface area contributed by atoms with Gasteiger partial charge in [0, 0.05) is 11.4 Å². The normalized spacial score (nSPS) is 11.3. The first-order valence-corrected chi connectivity index (χ1v) is 8.54. The van der Waals surface area contributed by atoms with Crippen LogP contribution in [0.15, 0.2) is 47.4 Å². The van der Waals surface area contributed by atoms with Gasteiger partial charge in [0.25, 0.3) is 0 Å². The minimum Gasteiger partial charge on any atom is -0.379 e. The first-order valence-electron chi connectivity index (χ1n) is 6.76. The minimum atomic E-state index is -4.29. The van der Waals surface area contributed by atoms with Crippen LogP contribution in [0.5, 0.6) is 5.75 Å². The molecule has 0 spiro atoms. The molecule has 0 aliphatic carbocycles. The second-order valence-corrected chi connectivity index (χ2v) is 6.91. The molecule has 0 aliphatic heterocycles. The summed E-state index contributed by atoms with van der Waals surface area (Å²) in [4.78, 5) is 10.4. The van der Waals surface area contributed by atoms with E-state index >= 15 is 0 Å². The summed E-state index contributed by atoms with van der Waals surface area (Å²) in [6.07, 6.45) is 0.975. The number of hydrogen-bond donors (Lipinski definition) is 0. The Labute approximate surface area is 139 Å². The van der Waals surface area contributed by atoms with E-state index in [1.54, 1.807) is 12.1 Å². The lowest BCUT2D eigenvalue weighted by atomic mass is 10.1. The molecule has 2 aromatic carbocycles. The standard InChI is InChI=1S/C16H14ClFO4S/c1-11(19)2-3-12-4-7-14(8-5-12)22-23(20,21)16-9-6-13(17)10-15(16)18/h4-10H,2-3H2,1H3. The zero-order valence-electron chi connectivity index (χ0n) is 12.3. The molecule has 0 amide bonds. The summed E-state index contributed by atoms with van der Waals surface area (Å²) >= 11 is 5.60. The van der Waals surface area contributed by atoms with Crippen molar-refractivity contribution in [3.63, 3.8) is 0 Å². The van der Waals surface area contributed by atoms with E-state index in [1.165, 1.54) is 25.1 Å². The number of aryl methyl sites for hydroxylation is 1. The molecule has 2 aromatic rings. The third-order valence-electron chi connectivity index (χ3n) is 3.06. The van der Waals surface area contributed by atoms with E-state index in [2.05, 4.69) is 0 Å². The molecule has 0 N–H and O–H groups in total. The van der Waals surface area contributed by atoms with E-state index in [0.717, 1.165) is 17.7 Å². The van der Waals surface area contributed by atoms with Crippen LogP contribution in [-0.2, 0) is 21.3 Å². The van der Waals surface area contributed by atoms with E-state index in [-0.39, 0.29) is 16.6 Å². The molecule has 23 heavy (non-hydrogen) atoms. The minimum absolute atomic E-state index is 0.0610. The first kappa shape index (κ1) is 17.4. The molecule has 7 heteroatoms. The van der Waals surface area contributed by atoms with Gasteiger partial charge in [0.05, 0.1) is 0 Å². The number of carbonyl (C=O) groups is 1. The predicted octanol–water partition coefficient (Wildman–Crippen LogP) is 3.77. The lowest BCUT2D eigenvalue weighted by Gasteiger charge is -2.08. The average molecular weight is 357 g/mol. The van der Waals surface area contributed by atoms with Crippen molar-refractivity contribution < 1.29 is 21.8 Å². The highest BCUT2D eigenvalue weighted by atomic mass is 35.5. The average Bonchev–Trinajstić information content (AvgIpc) is 2.45. The molecule has 0 saturated carbocycles. The summed E-state index contributed by atoms with van der Waals surface area (Å²) in [5, 5.41) is 0.0938. The summed E-state index contributed by atoms with van der Waals surface area (Å²) < 4.78 is 42.8. The highest BCUT2D eigenvalue weighted by molar-refractivity contribution is 7.87. The van der Waals surface area contributed by atoms with Crippen molar-refractivity contribution in [1.29, 1.82) is 0 Å². The Kier molecular flexibility index (Phi) is 5.38. The third kappa shape index (κ3) is 4.77. The smallest absolute Gasteiger partial charge is 0.342 e. The quantitative estimate of drug-likeness (QED) is 0.739.